The zero-order valence-electron chi connectivity index (χ0n) is 24.1. The highest BCUT2D eigenvalue weighted by molar-refractivity contribution is 7.17. The summed E-state index contributed by atoms with van der Waals surface area (Å²) in [5.41, 5.74) is 0.787. The van der Waals surface area contributed by atoms with Crippen LogP contribution in [-0.2, 0) is 19.0 Å². The van der Waals surface area contributed by atoms with E-state index in [0.717, 1.165) is 51.3 Å². The van der Waals surface area contributed by atoms with E-state index < -0.39 is 6.16 Å². The third kappa shape index (κ3) is 5.72. The molecule has 1 aromatic carbocycles. The highest BCUT2D eigenvalue weighted by Gasteiger charge is 2.54. The Morgan fingerprint density at radius 3 is 2.67 bits per heavy atom. The molecular formula is C31H41N3O5S. The van der Waals surface area contributed by atoms with Crippen LogP contribution < -0.4 is 4.90 Å². The Bertz CT molecular complexity index is 1280. The van der Waals surface area contributed by atoms with Gasteiger partial charge in [-0.05, 0) is 60.5 Å². The number of ether oxygens (including phenoxy) is 3. The molecule has 2 saturated heterocycles. The summed E-state index contributed by atoms with van der Waals surface area (Å²) < 4.78 is 17.3. The number of carbonyl (C=O) groups is 2. The molecule has 1 aliphatic carbocycles. The molecule has 3 aliphatic rings. The van der Waals surface area contributed by atoms with Gasteiger partial charge in [0.05, 0.1) is 19.8 Å². The predicted octanol–water partition coefficient (Wildman–Crippen LogP) is 5.65. The van der Waals surface area contributed by atoms with Crippen molar-refractivity contribution >= 4 is 39.2 Å². The molecule has 216 valence electrons. The van der Waals surface area contributed by atoms with Crippen LogP contribution in [0, 0.1) is 10.8 Å². The van der Waals surface area contributed by atoms with Gasteiger partial charge >= 0.3 is 6.16 Å². The van der Waals surface area contributed by atoms with Crippen molar-refractivity contribution in [1.29, 1.82) is 0 Å². The molecule has 2 aliphatic heterocycles. The summed E-state index contributed by atoms with van der Waals surface area (Å²) in [4.78, 5) is 31.3. The topological polar surface area (TPSA) is 71.5 Å². The van der Waals surface area contributed by atoms with E-state index in [1.165, 1.54) is 22.9 Å². The third-order valence-corrected chi connectivity index (χ3v) is 9.93. The molecule has 1 amide bonds. The summed E-state index contributed by atoms with van der Waals surface area (Å²) in [6.07, 6.45) is 7.79. The van der Waals surface area contributed by atoms with Gasteiger partial charge in [0.1, 0.15) is 5.76 Å². The Hall–Kier alpha value is -3.04. The van der Waals surface area contributed by atoms with Crippen molar-refractivity contribution in [3.8, 4) is 0 Å². The van der Waals surface area contributed by atoms with Crippen LogP contribution >= 0.6 is 11.3 Å². The number of unbranched alkanes of at least 4 members (excludes halogenated alkanes) is 1. The number of likely N-dealkylation sites (tertiary alicyclic amines) is 1. The first-order chi connectivity index (χ1) is 19.2. The number of fused-ring (bicyclic) bond motifs is 2. The van der Waals surface area contributed by atoms with Gasteiger partial charge in [0.2, 0.25) is 5.91 Å². The molecule has 2 atom stereocenters. The lowest BCUT2D eigenvalue weighted by Gasteiger charge is -2.55. The minimum Gasteiger partial charge on any atom is -0.494 e. The summed E-state index contributed by atoms with van der Waals surface area (Å²) in [6, 6.07) is 8.57. The van der Waals surface area contributed by atoms with Crippen molar-refractivity contribution in [2.24, 2.45) is 10.8 Å². The van der Waals surface area contributed by atoms with E-state index in [2.05, 4.69) is 71.0 Å². The van der Waals surface area contributed by atoms with Crippen LogP contribution in [0.25, 0.3) is 10.1 Å². The molecule has 40 heavy (non-hydrogen) atoms. The summed E-state index contributed by atoms with van der Waals surface area (Å²) in [5.74, 6) is 0.710. The number of carbonyl (C=O) groups excluding carboxylic acids is 2. The lowest BCUT2D eigenvalue weighted by atomic mass is 9.57. The van der Waals surface area contributed by atoms with Gasteiger partial charge in [0, 0.05) is 53.8 Å². The first kappa shape index (κ1) is 28.5. The molecule has 2 aromatic rings. The fraction of sp³-hybridized carbons (Fsp3) is 0.548. The van der Waals surface area contributed by atoms with E-state index in [1.807, 2.05) is 12.2 Å². The lowest BCUT2D eigenvalue weighted by Crippen LogP contribution is -2.60. The molecule has 0 N–H and O–H groups in total. The number of hydrogen-bond acceptors (Lipinski definition) is 8. The minimum absolute atomic E-state index is 0.0469. The molecule has 0 bridgehead atoms. The van der Waals surface area contributed by atoms with E-state index in [1.54, 1.807) is 16.2 Å². The summed E-state index contributed by atoms with van der Waals surface area (Å²) in [7, 11) is 1.26. The third-order valence-electron chi connectivity index (χ3n) is 9.05. The Morgan fingerprint density at radius 1 is 1.10 bits per heavy atom. The number of anilines is 1. The highest BCUT2D eigenvalue weighted by Crippen LogP contribution is 2.53. The smallest absolute Gasteiger partial charge is 0.494 e. The van der Waals surface area contributed by atoms with Crippen molar-refractivity contribution in [3.63, 3.8) is 0 Å². The maximum atomic E-state index is 13.0. The maximum Gasteiger partial charge on any atom is 0.509 e. The largest absolute Gasteiger partial charge is 0.509 e. The van der Waals surface area contributed by atoms with E-state index in [0.29, 0.717) is 13.0 Å². The summed E-state index contributed by atoms with van der Waals surface area (Å²) in [5, 5.41) is 3.54. The van der Waals surface area contributed by atoms with Crippen LogP contribution in [-0.4, -0.2) is 81.1 Å². The van der Waals surface area contributed by atoms with Crippen molar-refractivity contribution in [3.05, 3.63) is 53.6 Å². The molecule has 0 spiro atoms. The van der Waals surface area contributed by atoms with Crippen LogP contribution in [0.15, 0.2) is 53.6 Å². The van der Waals surface area contributed by atoms with E-state index >= 15 is 0 Å². The second-order valence-corrected chi connectivity index (χ2v) is 12.7. The van der Waals surface area contributed by atoms with Gasteiger partial charge < -0.3 is 24.0 Å². The highest BCUT2D eigenvalue weighted by atomic mass is 32.1. The number of piperazine rings is 1. The molecule has 8 nitrogen and oxygen atoms in total. The Balaban J connectivity index is 1.09. The SMILES string of the molecule is COC(=O)OCN1C(=O)CC(C)(C)[C@]2(C)C=CC(OCCCCN3CCN(c4cccc5sccc45)CC3)=CC12. The number of hydrogen-bond donors (Lipinski definition) is 0. The van der Waals surface area contributed by atoms with Gasteiger partial charge in [0.15, 0.2) is 6.73 Å². The standard InChI is InChI=1S/C31H41N3O5S/c1-30(2)21-28(35)34(22-39-29(36)37-4)27-20-23(10-12-31(27,30)3)38-18-6-5-13-32-14-16-33(17-15-32)25-8-7-9-26-24(25)11-19-40-26/h7-12,19-20,27H,5-6,13-18,21-22H2,1-4H3/t27?,31-/m1/s1. The number of methoxy groups -OCH3 is 1. The molecule has 1 aromatic heterocycles. The van der Waals surface area contributed by atoms with Crippen molar-refractivity contribution in [1.82, 2.24) is 9.80 Å². The molecule has 1 unspecified atom stereocenters. The Morgan fingerprint density at radius 2 is 1.90 bits per heavy atom. The quantitative estimate of drug-likeness (QED) is 0.287. The predicted molar refractivity (Wildman–Crippen MR) is 158 cm³/mol. The normalized spacial score (nSPS) is 24.6. The molecule has 9 heteroatoms. The number of amides is 1. The first-order valence-electron chi connectivity index (χ1n) is 14.2. The zero-order valence-corrected chi connectivity index (χ0v) is 24.9. The van der Waals surface area contributed by atoms with Crippen molar-refractivity contribution < 1.29 is 23.8 Å². The monoisotopic (exact) mass is 567 g/mol. The molecular weight excluding hydrogens is 526 g/mol. The van der Waals surface area contributed by atoms with Crippen LogP contribution in [0.3, 0.4) is 0 Å². The number of nitrogens with zero attached hydrogens (tertiary/aromatic N) is 3. The fourth-order valence-electron chi connectivity index (χ4n) is 6.13. The Labute approximate surface area is 241 Å². The second kappa shape index (κ2) is 11.8. The number of thiophene rings is 1. The van der Waals surface area contributed by atoms with Gasteiger partial charge in [-0.25, -0.2) is 4.79 Å². The summed E-state index contributed by atoms with van der Waals surface area (Å²) >= 11 is 1.80. The van der Waals surface area contributed by atoms with E-state index in [4.69, 9.17) is 9.47 Å². The number of benzene rings is 1. The minimum atomic E-state index is -0.799. The number of rotatable bonds is 9. The van der Waals surface area contributed by atoms with Gasteiger partial charge in [0.25, 0.3) is 0 Å². The van der Waals surface area contributed by atoms with Crippen LogP contribution in [0.1, 0.15) is 40.0 Å². The molecule has 3 heterocycles. The van der Waals surface area contributed by atoms with Crippen LogP contribution in [0.4, 0.5) is 10.5 Å². The number of piperidine rings is 1. The first-order valence-corrected chi connectivity index (χ1v) is 15.1. The van der Waals surface area contributed by atoms with Crippen molar-refractivity contribution in [2.75, 3.05) is 58.1 Å². The lowest BCUT2D eigenvalue weighted by molar-refractivity contribution is -0.155. The van der Waals surface area contributed by atoms with Gasteiger partial charge in [-0.1, -0.05) is 32.9 Å². The molecule has 0 radical (unpaired) electrons. The van der Waals surface area contributed by atoms with E-state index in [9.17, 15) is 9.59 Å². The van der Waals surface area contributed by atoms with Crippen molar-refractivity contribution in [2.45, 2.75) is 46.1 Å². The van der Waals surface area contributed by atoms with Gasteiger partial charge in [-0.15, -0.1) is 11.3 Å². The fourth-order valence-corrected chi connectivity index (χ4v) is 6.93. The molecule has 2 fully saturated rings. The molecule has 5 rings (SSSR count). The van der Waals surface area contributed by atoms with E-state index in [-0.39, 0.29) is 29.5 Å². The van der Waals surface area contributed by atoms with Crippen LogP contribution in [0.5, 0.6) is 0 Å². The second-order valence-electron chi connectivity index (χ2n) is 11.8. The van der Waals surface area contributed by atoms with Gasteiger partial charge in [-0.2, -0.15) is 0 Å². The zero-order chi connectivity index (χ0) is 28.3. The Kier molecular flexibility index (Phi) is 8.42. The maximum absolute atomic E-state index is 13.0. The summed E-state index contributed by atoms with van der Waals surface area (Å²) in [6.45, 7) is 12.2. The van der Waals surface area contributed by atoms with Crippen LogP contribution in [0.2, 0.25) is 0 Å². The molecule has 0 saturated carbocycles. The average molecular weight is 568 g/mol. The average Bonchev–Trinajstić information content (AvgIpc) is 3.43. The number of allylic oxidation sites excluding steroid dienone is 1. The van der Waals surface area contributed by atoms with Gasteiger partial charge in [-0.3, -0.25) is 9.69 Å².